The summed E-state index contributed by atoms with van der Waals surface area (Å²) in [5.74, 6) is 1.18. The first-order valence-electron chi connectivity index (χ1n) is 7.40. The van der Waals surface area contributed by atoms with Crippen LogP contribution in [0.25, 0.3) is 0 Å². The van der Waals surface area contributed by atoms with Crippen molar-refractivity contribution in [2.45, 2.75) is 55.3 Å². The molecule has 5 nitrogen and oxygen atoms in total. The number of carbonyl (C=O) groups is 1. The molecular formula is C14H22N4OS. The van der Waals surface area contributed by atoms with E-state index in [1.54, 1.807) is 18.0 Å². The maximum absolute atomic E-state index is 12.0. The molecule has 2 fully saturated rings. The fraction of sp³-hybridized carbons (Fsp3) is 0.714. The molecule has 2 aliphatic carbocycles. The minimum Gasteiger partial charge on any atom is -0.368 e. The molecule has 1 aromatic heterocycles. The van der Waals surface area contributed by atoms with Crippen LogP contribution < -0.4 is 11.1 Å². The van der Waals surface area contributed by atoms with E-state index in [9.17, 15) is 4.79 Å². The molecular weight excluding hydrogens is 272 g/mol. The number of nitrogens with one attached hydrogen (secondary N) is 2. The Morgan fingerprint density at radius 1 is 1.55 bits per heavy atom. The molecule has 0 radical (unpaired) electrons. The zero-order valence-electron chi connectivity index (χ0n) is 11.6. The second-order valence-electron chi connectivity index (χ2n) is 5.87. The Hall–Kier alpha value is -1.01. The van der Waals surface area contributed by atoms with E-state index in [2.05, 4.69) is 15.3 Å². The molecule has 2 saturated carbocycles. The monoisotopic (exact) mass is 294 g/mol. The number of aromatic amines is 1. The molecule has 1 aromatic rings. The second-order valence-corrected chi connectivity index (χ2v) is 6.96. The lowest BCUT2D eigenvalue weighted by Crippen LogP contribution is -2.58. The van der Waals surface area contributed by atoms with Gasteiger partial charge >= 0.3 is 0 Å². The molecule has 0 bridgehead atoms. The molecule has 20 heavy (non-hydrogen) atoms. The fourth-order valence-corrected chi connectivity index (χ4v) is 4.16. The van der Waals surface area contributed by atoms with E-state index < -0.39 is 5.54 Å². The van der Waals surface area contributed by atoms with Gasteiger partial charge in [0.05, 0.1) is 0 Å². The normalized spacial score (nSPS) is 29.7. The first-order chi connectivity index (χ1) is 9.71. The van der Waals surface area contributed by atoms with E-state index in [1.165, 1.54) is 12.8 Å². The van der Waals surface area contributed by atoms with Crippen molar-refractivity contribution in [1.82, 2.24) is 15.3 Å². The lowest BCUT2D eigenvalue weighted by atomic mass is 9.84. The molecule has 1 heterocycles. The summed E-state index contributed by atoms with van der Waals surface area (Å²) in [5, 5.41) is 4.50. The second kappa shape index (κ2) is 5.77. The maximum Gasteiger partial charge on any atom is 0.238 e. The van der Waals surface area contributed by atoms with Gasteiger partial charge in [-0.2, -0.15) is 0 Å². The summed E-state index contributed by atoms with van der Waals surface area (Å²) in [6, 6.07) is 0.515. The molecule has 0 aromatic carbocycles. The number of aromatic nitrogens is 2. The maximum atomic E-state index is 12.0. The highest BCUT2D eigenvalue weighted by molar-refractivity contribution is 7.99. The van der Waals surface area contributed by atoms with Crippen LogP contribution in [-0.2, 0) is 4.79 Å². The Labute approximate surface area is 123 Å². The van der Waals surface area contributed by atoms with Crippen molar-refractivity contribution in [2.75, 3.05) is 5.75 Å². The van der Waals surface area contributed by atoms with Crippen LogP contribution in [-0.4, -0.2) is 33.2 Å². The predicted molar refractivity (Wildman–Crippen MR) is 79.4 cm³/mol. The molecule has 110 valence electrons. The van der Waals surface area contributed by atoms with Crippen LogP contribution in [0.3, 0.4) is 0 Å². The molecule has 2 atom stereocenters. The zero-order valence-corrected chi connectivity index (χ0v) is 12.4. The van der Waals surface area contributed by atoms with Gasteiger partial charge in [0.15, 0.2) is 5.16 Å². The zero-order chi connectivity index (χ0) is 14.0. The number of H-pyrrole nitrogens is 1. The Bertz CT molecular complexity index is 460. The third-order valence-electron chi connectivity index (χ3n) is 4.48. The smallest absolute Gasteiger partial charge is 0.238 e. The summed E-state index contributed by atoms with van der Waals surface area (Å²) in [7, 11) is 0. The number of amides is 1. The first-order valence-corrected chi connectivity index (χ1v) is 8.39. The summed E-state index contributed by atoms with van der Waals surface area (Å²) in [4.78, 5) is 19.3. The largest absolute Gasteiger partial charge is 0.368 e. The van der Waals surface area contributed by atoms with Gasteiger partial charge in [0.2, 0.25) is 5.91 Å². The number of thioether (sulfide) groups is 1. The summed E-state index contributed by atoms with van der Waals surface area (Å²) in [6.07, 6.45) is 10.1. The van der Waals surface area contributed by atoms with Gasteiger partial charge in [-0.15, -0.1) is 0 Å². The lowest BCUT2D eigenvalue weighted by Gasteiger charge is -2.34. The van der Waals surface area contributed by atoms with Crippen molar-refractivity contribution in [3.8, 4) is 0 Å². The Morgan fingerprint density at radius 3 is 3.05 bits per heavy atom. The quantitative estimate of drug-likeness (QED) is 0.668. The number of carbonyl (C=O) groups excluding carboxylic acids is 1. The van der Waals surface area contributed by atoms with Crippen LogP contribution in [0.5, 0.6) is 0 Å². The predicted octanol–water partition coefficient (Wildman–Crippen LogP) is 1.67. The summed E-state index contributed by atoms with van der Waals surface area (Å²) in [6.45, 7) is 0. The number of primary amides is 1. The Morgan fingerprint density at radius 2 is 2.40 bits per heavy atom. The van der Waals surface area contributed by atoms with Gasteiger partial charge in [0, 0.05) is 24.2 Å². The Balaban J connectivity index is 1.59. The SMILES string of the molecule is NC(=O)C1(NC2CC2)CCCC1CCSc1ncc[nH]1. The highest BCUT2D eigenvalue weighted by Gasteiger charge is 2.49. The van der Waals surface area contributed by atoms with E-state index in [4.69, 9.17) is 5.73 Å². The number of hydrogen-bond donors (Lipinski definition) is 3. The third kappa shape index (κ3) is 2.86. The fourth-order valence-electron chi connectivity index (χ4n) is 3.27. The van der Waals surface area contributed by atoms with Crippen molar-refractivity contribution < 1.29 is 4.79 Å². The van der Waals surface area contributed by atoms with Crippen molar-refractivity contribution in [2.24, 2.45) is 11.7 Å². The van der Waals surface area contributed by atoms with Crippen LogP contribution in [0.1, 0.15) is 38.5 Å². The van der Waals surface area contributed by atoms with Crippen molar-refractivity contribution >= 4 is 17.7 Å². The van der Waals surface area contributed by atoms with Gasteiger partial charge in [-0.05, 0) is 38.0 Å². The van der Waals surface area contributed by atoms with Gasteiger partial charge in [-0.3, -0.25) is 4.79 Å². The molecule has 2 aliphatic rings. The topological polar surface area (TPSA) is 83.8 Å². The molecule has 0 spiro atoms. The van der Waals surface area contributed by atoms with E-state index in [0.29, 0.717) is 12.0 Å². The number of imidazole rings is 1. The van der Waals surface area contributed by atoms with Crippen molar-refractivity contribution in [3.05, 3.63) is 12.4 Å². The molecule has 6 heteroatoms. The van der Waals surface area contributed by atoms with Crippen LogP contribution in [0.2, 0.25) is 0 Å². The standard InChI is InChI=1S/C14H22N4OS/c15-12(19)14(18-11-3-4-11)6-1-2-10(14)5-9-20-13-16-7-8-17-13/h7-8,10-11,18H,1-6,9H2,(H2,15,19)(H,16,17). The molecule has 3 rings (SSSR count). The number of nitrogens with zero attached hydrogens (tertiary/aromatic N) is 1. The van der Waals surface area contributed by atoms with Crippen molar-refractivity contribution in [3.63, 3.8) is 0 Å². The average molecular weight is 294 g/mol. The highest BCUT2D eigenvalue weighted by atomic mass is 32.2. The average Bonchev–Trinajstić information content (AvgIpc) is 2.91. The minimum absolute atomic E-state index is 0.158. The van der Waals surface area contributed by atoms with Crippen LogP contribution in [0.15, 0.2) is 17.6 Å². The van der Waals surface area contributed by atoms with E-state index in [0.717, 1.165) is 36.6 Å². The van der Waals surface area contributed by atoms with Gasteiger partial charge in [-0.1, -0.05) is 18.2 Å². The molecule has 0 aliphatic heterocycles. The number of hydrogen-bond acceptors (Lipinski definition) is 4. The van der Waals surface area contributed by atoms with Gasteiger partial charge in [0.1, 0.15) is 5.54 Å². The molecule has 1 amide bonds. The molecule has 0 saturated heterocycles. The molecule has 2 unspecified atom stereocenters. The summed E-state index contributed by atoms with van der Waals surface area (Å²) in [5.41, 5.74) is 5.29. The van der Waals surface area contributed by atoms with Gasteiger partial charge in [-0.25, -0.2) is 4.98 Å². The lowest BCUT2D eigenvalue weighted by molar-refractivity contribution is -0.126. The minimum atomic E-state index is -0.453. The van der Waals surface area contributed by atoms with E-state index >= 15 is 0 Å². The van der Waals surface area contributed by atoms with E-state index in [1.807, 2.05) is 6.20 Å². The highest BCUT2D eigenvalue weighted by Crippen LogP contribution is 2.41. The van der Waals surface area contributed by atoms with Gasteiger partial charge in [0.25, 0.3) is 0 Å². The van der Waals surface area contributed by atoms with Crippen LogP contribution in [0.4, 0.5) is 0 Å². The number of rotatable bonds is 7. The summed E-state index contributed by atoms with van der Waals surface area (Å²) < 4.78 is 0. The molecule has 4 N–H and O–H groups in total. The number of nitrogens with two attached hydrogens (primary N) is 1. The Kier molecular flexibility index (Phi) is 4.03. The van der Waals surface area contributed by atoms with Crippen LogP contribution in [0, 0.1) is 5.92 Å². The van der Waals surface area contributed by atoms with E-state index in [-0.39, 0.29) is 5.91 Å². The first kappa shape index (κ1) is 13.9. The summed E-state index contributed by atoms with van der Waals surface area (Å²) >= 11 is 1.71. The van der Waals surface area contributed by atoms with Crippen molar-refractivity contribution in [1.29, 1.82) is 0 Å². The van der Waals surface area contributed by atoms with Crippen LogP contribution >= 0.6 is 11.8 Å². The van der Waals surface area contributed by atoms with Gasteiger partial charge < -0.3 is 16.0 Å². The third-order valence-corrected chi connectivity index (χ3v) is 5.41.